The lowest BCUT2D eigenvalue weighted by molar-refractivity contribution is 0.950. The first-order valence-corrected chi connectivity index (χ1v) is 14.6. The number of allylic oxidation sites excluding steroid dienone is 4. The van der Waals surface area contributed by atoms with E-state index in [1.807, 2.05) is 108 Å². The van der Waals surface area contributed by atoms with Crippen molar-refractivity contribution in [2.45, 2.75) is 13.8 Å². The topological polar surface area (TPSA) is 80.6 Å². The van der Waals surface area contributed by atoms with Crippen LogP contribution < -0.4 is 4.90 Å². The van der Waals surface area contributed by atoms with Gasteiger partial charge in [-0.05, 0) is 37.1 Å². The molecule has 0 unspecified atom stereocenters. The van der Waals surface area contributed by atoms with E-state index in [0.717, 1.165) is 33.5 Å². The number of nitrogens with zero attached hydrogens (tertiary/aromatic N) is 7. The van der Waals surface area contributed by atoms with Gasteiger partial charge in [0.1, 0.15) is 0 Å². The maximum atomic E-state index is 5.02. The number of benzene rings is 4. The maximum absolute atomic E-state index is 5.02. The van der Waals surface area contributed by atoms with Crippen LogP contribution >= 0.6 is 0 Å². The van der Waals surface area contributed by atoms with Crippen LogP contribution in [0.5, 0.6) is 0 Å². The number of rotatable bonds is 9. The molecule has 45 heavy (non-hydrogen) atoms. The highest BCUT2D eigenvalue weighted by molar-refractivity contribution is 5.76. The molecule has 7 nitrogen and oxygen atoms in total. The van der Waals surface area contributed by atoms with E-state index in [-0.39, 0.29) is 0 Å². The van der Waals surface area contributed by atoms with Gasteiger partial charge in [-0.2, -0.15) is 19.9 Å². The fourth-order valence-corrected chi connectivity index (χ4v) is 4.75. The zero-order valence-electron chi connectivity index (χ0n) is 25.2. The van der Waals surface area contributed by atoms with Crippen molar-refractivity contribution in [2.24, 2.45) is 0 Å². The number of hydrogen-bond donors (Lipinski definition) is 0. The van der Waals surface area contributed by atoms with Crippen molar-refractivity contribution in [3.8, 4) is 34.2 Å². The Hall–Kier alpha value is -6.08. The molecule has 0 spiro atoms. The molecule has 0 N–H and O–H groups in total. The van der Waals surface area contributed by atoms with Gasteiger partial charge >= 0.3 is 0 Å². The summed E-state index contributed by atoms with van der Waals surface area (Å²) in [6, 6.07) is 35.7. The van der Waals surface area contributed by atoms with Crippen LogP contribution in [0.3, 0.4) is 0 Å². The summed E-state index contributed by atoms with van der Waals surface area (Å²) < 4.78 is 0. The third-order valence-electron chi connectivity index (χ3n) is 7.27. The van der Waals surface area contributed by atoms with Crippen LogP contribution in [0.1, 0.15) is 17.0 Å². The molecule has 0 radical (unpaired) electrons. The van der Waals surface area contributed by atoms with Crippen LogP contribution in [-0.4, -0.2) is 29.9 Å². The molecule has 0 aliphatic carbocycles. The van der Waals surface area contributed by atoms with Gasteiger partial charge in [-0.15, -0.1) is 0 Å². The molecular weight excluding hydrogens is 554 g/mol. The van der Waals surface area contributed by atoms with Crippen molar-refractivity contribution >= 4 is 23.2 Å². The molecule has 7 heteroatoms. The SMILES string of the molecule is C=CC=C(C=C)c1nc(-c2ccccc2)nc(N(c2ccc(C)c(C)c2)c2nc(-c3ccccc3)nc(-c3ccccc3)n2)n1. The summed E-state index contributed by atoms with van der Waals surface area (Å²) in [5.41, 5.74) is 6.34. The van der Waals surface area contributed by atoms with E-state index in [9.17, 15) is 0 Å². The lowest BCUT2D eigenvalue weighted by atomic mass is 10.1. The summed E-state index contributed by atoms with van der Waals surface area (Å²) in [7, 11) is 0. The third-order valence-corrected chi connectivity index (χ3v) is 7.27. The minimum atomic E-state index is 0.350. The molecule has 0 bridgehead atoms. The predicted octanol–water partition coefficient (Wildman–Crippen LogP) is 8.90. The first-order chi connectivity index (χ1) is 22.0. The van der Waals surface area contributed by atoms with E-state index in [1.165, 1.54) is 0 Å². The van der Waals surface area contributed by atoms with E-state index in [0.29, 0.717) is 40.8 Å². The van der Waals surface area contributed by atoms with Crippen molar-refractivity contribution in [1.82, 2.24) is 29.9 Å². The van der Waals surface area contributed by atoms with Crippen molar-refractivity contribution < 1.29 is 0 Å². The van der Waals surface area contributed by atoms with Crippen molar-refractivity contribution in [1.29, 1.82) is 0 Å². The fraction of sp³-hybridized carbons (Fsp3) is 0.0526. The zero-order valence-corrected chi connectivity index (χ0v) is 25.2. The Labute approximate surface area is 263 Å². The normalized spacial score (nSPS) is 11.2. The van der Waals surface area contributed by atoms with Gasteiger partial charge in [-0.25, -0.2) is 14.9 Å². The number of aromatic nitrogens is 6. The molecule has 2 heterocycles. The first kappa shape index (κ1) is 29.0. The van der Waals surface area contributed by atoms with Gasteiger partial charge in [0.05, 0.1) is 5.69 Å². The zero-order chi connectivity index (χ0) is 31.2. The Morgan fingerprint density at radius 2 is 1.04 bits per heavy atom. The molecule has 0 atom stereocenters. The Morgan fingerprint density at radius 3 is 1.51 bits per heavy atom. The van der Waals surface area contributed by atoms with E-state index in [4.69, 9.17) is 29.9 Å². The summed E-state index contributed by atoms with van der Waals surface area (Å²) in [4.78, 5) is 31.6. The molecule has 0 fully saturated rings. The van der Waals surface area contributed by atoms with Gasteiger partial charge in [0.2, 0.25) is 11.9 Å². The van der Waals surface area contributed by atoms with Gasteiger partial charge in [0.25, 0.3) is 0 Å². The van der Waals surface area contributed by atoms with Crippen molar-refractivity contribution in [3.63, 3.8) is 0 Å². The third kappa shape index (κ3) is 6.33. The molecule has 0 saturated heterocycles. The van der Waals surface area contributed by atoms with Crippen LogP contribution in [0.15, 0.2) is 141 Å². The first-order valence-electron chi connectivity index (χ1n) is 14.6. The molecule has 0 aliphatic heterocycles. The summed E-state index contributed by atoms with van der Waals surface area (Å²) in [6.45, 7) is 12.0. The van der Waals surface area contributed by atoms with Crippen LogP contribution in [-0.2, 0) is 0 Å². The standard InChI is InChI=1S/C38H31N7/c1-5-16-28(6-2)33-39-34(29-17-10-7-11-18-29)42-37(41-33)45(32-24-23-26(3)27(4)25-32)38-43-35(30-19-12-8-13-20-30)40-36(44-38)31-21-14-9-15-22-31/h5-25H,1-2H2,3-4H3. The summed E-state index contributed by atoms with van der Waals surface area (Å²) in [6.07, 6.45) is 5.22. The second-order valence-electron chi connectivity index (χ2n) is 10.3. The van der Waals surface area contributed by atoms with E-state index < -0.39 is 0 Å². The van der Waals surface area contributed by atoms with Gasteiger partial charge in [-0.1, -0.05) is 128 Å². The summed E-state index contributed by atoms with van der Waals surface area (Å²) in [5, 5.41) is 0. The Bertz CT molecular complexity index is 1950. The second-order valence-corrected chi connectivity index (χ2v) is 10.3. The predicted molar refractivity (Wildman–Crippen MR) is 182 cm³/mol. The number of aryl methyl sites for hydroxylation is 2. The quantitative estimate of drug-likeness (QED) is 0.157. The monoisotopic (exact) mass is 585 g/mol. The molecule has 4 aromatic carbocycles. The second kappa shape index (κ2) is 13.1. The molecule has 0 saturated carbocycles. The van der Waals surface area contributed by atoms with Crippen molar-refractivity contribution in [2.75, 3.05) is 4.90 Å². The van der Waals surface area contributed by atoms with E-state index >= 15 is 0 Å². The van der Waals surface area contributed by atoms with Gasteiger partial charge < -0.3 is 0 Å². The van der Waals surface area contributed by atoms with E-state index in [2.05, 4.69) is 39.1 Å². The highest BCUT2D eigenvalue weighted by atomic mass is 15.4. The Kier molecular flexibility index (Phi) is 8.42. The van der Waals surface area contributed by atoms with Crippen LogP contribution in [0.4, 0.5) is 17.6 Å². The van der Waals surface area contributed by atoms with Crippen molar-refractivity contribution in [3.05, 3.63) is 158 Å². The highest BCUT2D eigenvalue weighted by Gasteiger charge is 2.24. The highest BCUT2D eigenvalue weighted by Crippen LogP contribution is 2.35. The molecule has 6 rings (SSSR count). The average Bonchev–Trinajstić information content (AvgIpc) is 3.10. The molecule has 0 aliphatic rings. The molecule has 0 amide bonds. The van der Waals surface area contributed by atoms with Crippen LogP contribution in [0.25, 0.3) is 39.7 Å². The molecule has 2 aromatic heterocycles. The van der Waals surface area contributed by atoms with Gasteiger partial charge in [0.15, 0.2) is 23.3 Å². The van der Waals surface area contributed by atoms with Gasteiger partial charge in [0, 0.05) is 22.3 Å². The fourth-order valence-electron chi connectivity index (χ4n) is 4.75. The van der Waals surface area contributed by atoms with Crippen LogP contribution in [0, 0.1) is 13.8 Å². The number of hydrogen-bond acceptors (Lipinski definition) is 7. The van der Waals surface area contributed by atoms with Crippen LogP contribution in [0.2, 0.25) is 0 Å². The summed E-state index contributed by atoms with van der Waals surface area (Å²) >= 11 is 0. The Balaban J connectivity index is 1.66. The van der Waals surface area contributed by atoms with Gasteiger partial charge in [-0.3, -0.25) is 0 Å². The summed E-state index contributed by atoms with van der Waals surface area (Å²) in [5.74, 6) is 2.73. The average molecular weight is 586 g/mol. The lowest BCUT2D eigenvalue weighted by Crippen LogP contribution is -2.19. The molecule has 218 valence electrons. The Morgan fingerprint density at radius 1 is 0.556 bits per heavy atom. The number of anilines is 3. The minimum Gasteiger partial charge on any atom is -0.246 e. The smallest absolute Gasteiger partial charge is 0.241 e. The maximum Gasteiger partial charge on any atom is 0.241 e. The lowest BCUT2D eigenvalue weighted by Gasteiger charge is -2.23. The minimum absolute atomic E-state index is 0.350. The largest absolute Gasteiger partial charge is 0.246 e. The van der Waals surface area contributed by atoms with E-state index in [1.54, 1.807) is 12.2 Å². The molecular formula is C38H31N7. The molecule has 6 aromatic rings.